The van der Waals surface area contributed by atoms with E-state index in [2.05, 4.69) is 10.5 Å². The molecule has 160 valence electrons. The van der Waals surface area contributed by atoms with E-state index in [9.17, 15) is 9.18 Å². The van der Waals surface area contributed by atoms with Gasteiger partial charge >= 0.3 is 5.97 Å². The predicted octanol–water partition coefficient (Wildman–Crippen LogP) is 8.15. The molecule has 0 spiro atoms. The number of rotatable bonds is 5. The molecular formula is C21H12Cl5FN2O2. The molecule has 0 aliphatic heterocycles. The maximum atomic E-state index is 14.0. The molecule has 0 fully saturated rings. The van der Waals surface area contributed by atoms with Crippen LogP contribution in [0.1, 0.15) is 22.8 Å². The zero-order valence-corrected chi connectivity index (χ0v) is 19.4. The van der Waals surface area contributed by atoms with Crippen molar-refractivity contribution in [2.75, 3.05) is 5.43 Å². The molecule has 0 radical (unpaired) electrons. The van der Waals surface area contributed by atoms with E-state index in [4.69, 9.17) is 62.7 Å². The molecule has 0 aliphatic rings. The molecule has 3 aromatic rings. The lowest BCUT2D eigenvalue weighted by Gasteiger charge is -2.14. The lowest BCUT2D eigenvalue weighted by atomic mass is 10.1. The fourth-order valence-electron chi connectivity index (χ4n) is 2.56. The second-order valence-electron chi connectivity index (χ2n) is 6.19. The Morgan fingerprint density at radius 1 is 0.903 bits per heavy atom. The molecule has 1 N–H and O–H groups in total. The molecule has 3 rings (SSSR count). The lowest BCUT2D eigenvalue weighted by molar-refractivity contribution is 0.0729. The Kier molecular flexibility index (Phi) is 7.68. The number of nitrogens with zero attached hydrogens (tertiary/aromatic N) is 1. The average molecular weight is 521 g/mol. The fourth-order valence-corrected chi connectivity index (χ4v) is 3.99. The summed E-state index contributed by atoms with van der Waals surface area (Å²) >= 11 is 30.6. The van der Waals surface area contributed by atoms with Gasteiger partial charge in [0.1, 0.15) is 5.82 Å². The molecule has 31 heavy (non-hydrogen) atoms. The first kappa shape index (κ1) is 23.6. The van der Waals surface area contributed by atoms with Crippen LogP contribution in [0.4, 0.5) is 10.1 Å². The fraction of sp³-hybridized carbons (Fsp3) is 0.0476. The van der Waals surface area contributed by atoms with Crippen molar-refractivity contribution in [2.45, 2.75) is 6.92 Å². The van der Waals surface area contributed by atoms with E-state index < -0.39 is 11.8 Å². The van der Waals surface area contributed by atoms with Gasteiger partial charge in [0.25, 0.3) is 0 Å². The number of benzene rings is 3. The van der Waals surface area contributed by atoms with Crippen LogP contribution in [-0.4, -0.2) is 11.7 Å². The Morgan fingerprint density at radius 2 is 1.48 bits per heavy atom. The van der Waals surface area contributed by atoms with Crippen molar-refractivity contribution in [3.8, 4) is 5.75 Å². The summed E-state index contributed by atoms with van der Waals surface area (Å²) in [6.07, 6.45) is 0. The Morgan fingerprint density at radius 3 is 2.13 bits per heavy atom. The number of carbonyl (C=O) groups is 1. The predicted molar refractivity (Wildman–Crippen MR) is 125 cm³/mol. The number of carbonyl (C=O) groups excluding carboxylic acids is 1. The normalized spacial score (nSPS) is 11.4. The third-order valence-electron chi connectivity index (χ3n) is 4.03. The van der Waals surface area contributed by atoms with Crippen LogP contribution in [0.2, 0.25) is 25.1 Å². The second kappa shape index (κ2) is 10.1. The van der Waals surface area contributed by atoms with E-state index in [0.717, 1.165) is 6.07 Å². The van der Waals surface area contributed by atoms with E-state index in [1.54, 1.807) is 6.92 Å². The lowest BCUT2D eigenvalue weighted by Crippen LogP contribution is -2.13. The molecule has 0 saturated heterocycles. The molecule has 0 unspecified atom stereocenters. The monoisotopic (exact) mass is 518 g/mol. The quantitative estimate of drug-likeness (QED) is 0.160. The molecule has 0 saturated carbocycles. The number of anilines is 1. The smallest absolute Gasteiger partial charge is 0.346 e. The average Bonchev–Trinajstić information content (AvgIpc) is 2.69. The number of halogens is 6. The summed E-state index contributed by atoms with van der Waals surface area (Å²) in [5.74, 6) is -1.68. The van der Waals surface area contributed by atoms with Crippen LogP contribution in [0.15, 0.2) is 53.6 Å². The minimum Gasteiger partial charge on any atom is -0.421 e. The van der Waals surface area contributed by atoms with Crippen LogP contribution in [0.5, 0.6) is 5.75 Å². The van der Waals surface area contributed by atoms with Crippen LogP contribution in [0, 0.1) is 5.82 Å². The first-order valence-electron chi connectivity index (χ1n) is 8.58. The number of ether oxygens (including phenoxy) is 1. The van der Waals surface area contributed by atoms with Crippen molar-refractivity contribution in [1.82, 2.24) is 0 Å². The topological polar surface area (TPSA) is 50.7 Å². The summed E-state index contributed by atoms with van der Waals surface area (Å²) in [4.78, 5) is 12.5. The van der Waals surface area contributed by atoms with Gasteiger partial charge in [0, 0.05) is 15.6 Å². The van der Waals surface area contributed by atoms with E-state index in [1.165, 1.54) is 42.5 Å². The molecule has 0 bridgehead atoms. The molecule has 0 atom stereocenters. The maximum absolute atomic E-state index is 14.0. The summed E-state index contributed by atoms with van der Waals surface area (Å²) < 4.78 is 19.3. The van der Waals surface area contributed by atoms with Crippen LogP contribution < -0.4 is 10.2 Å². The highest BCUT2D eigenvalue weighted by Crippen LogP contribution is 2.35. The molecular weight excluding hydrogens is 509 g/mol. The summed E-state index contributed by atoms with van der Waals surface area (Å²) in [6, 6.07) is 11.3. The number of hydrazone groups is 1. The highest BCUT2D eigenvalue weighted by molar-refractivity contribution is 6.41. The highest BCUT2D eigenvalue weighted by atomic mass is 35.5. The van der Waals surface area contributed by atoms with Crippen LogP contribution in [0.25, 0.3) is 0 Å². The van der Waals surface area contributed by atoms with E-state index >= 15 is 0 Å². The zero-order valence-electron chi connectivity index (χ0n) is 15.7. The van der Waals surface area contributed by atoms with Crippen molar-refractivity contribution >= 4 is 75.4 Å². The Hall–Kier alpha value is -2.02. The number of nitrogens with one attached hydrogen (secondary N) is 1. The van der Waals surface area contributed by atoms with E-state index in [1.807, 2.05) is 0 Å². The zero-order chi connectivity index (χ0) is 22.7. The van der Waals surface area contributed by atoms with Crippen molar-refractivity contribution in [2.24, 2.45) is 5.10 Å². The van der Waals surface area contributed by atoms with Crippen molar-refractivity contribution in [3.63, 3.8) is 0 Å². The van der Waals surface area contributed by atoms with E-state index in [-0.39, 0.29) is 31.4 Å². The van der Waals surface area contributed by atoms with Gasteiger partial charge in [-0.1, -0.05) is 70.1 Å². The highest BCUT2D eigenvalue weighted by Gasteiger charge is 2.20. The number of hydrogen-bond donors (Lipinski definition) is 1. The van der Waals surface area contributed by atoms with Crippen molar-refractivity contribution < 1.29 is 13.9 Å². The van der Waals surface area contributed by atoms with Gasteiger partial charge in [0.15, 0.2) is 5.75 Å². The second-order valence-corrected chi connectivity index (χ2v) is 8.28. The van der Waals surface area contributed by atoms with Gasteiger partial charge < -0.3 is 4.74 Å². The number of esters is 1. The minimum atomic E-state index is -0.923. The van der Waals surface area contributed by atoms with Gasteiger partial charge in [-0.3, -0.25) is 5.43 Å². The van der Waals surface area contributed by atoms with E-state index in [0.29, 0.717) is 22.0 Å². The minimum absolute atomic E-state index is 0.0318. The Bertz CT molecular complexity index is 1180. The summed E-state index contributed by atoms with van der Waals surface area (Å²) in [6.45, 7) is 1.62. The number of hydrogen-bond acceptors (Lipinski definition) is 4. The summed E-state index contributed by atoms with van der Waals surface area (Å²) in [5, 5.41) is 5.43. The third-order valence-corrected chi connectivity index (χ3v) is 5.34. The van der Waals surface area contributed by atoms with Crippen molar-refractivity contribution in [3.05, 3.63) is 90.6 Å². The van der Waals surface area contributed by atoms with Gasteiger partial charge in [-0.15, -0.1) is 0 Å². The molecule has 10 heteroatoms. The third kappa shape index (κ3) is 5.62. The molecule has 3 aromatic carbocycles. The SMILES string of the molecule is C/C(=N/Nc1c(Cl)cc(Cl)cc1Cl)c1cc(Cl)cc(Cl)c1OC(=O)c1ccccc1F. The van der Waals surface area contributed by atoms with Gasteiger partial charge in [-0.2, -0.15) is 5.10 Å². The first-order chi connectivity index (χ1) is 14.7. The molecule has 4 nitrogen and oxygen atoms in total. The molecule has 0 aromatic heterocycles. The molecule has 0 heterocycles. The van der Waals surface area contributed by atoms with Crippen LogP contribution >= 0.6 is 58.0 Å². The van der Waals surface area contributed by atoms with Gasteiger partial charge in [0.05, 0.1) is 32.0 Å². The first-order valence-corrected chi connectivity index (χ1v) is 10.5. The van der Waals surface area contributed by atoms with Gasteiger partial charge in [0.2, 0.25) is 0 Å². The maximum Gasteiger partial charge on any atom is 0.346 e. The molecule has 0 aliphatic carbocycles. The Labute approximate surface area is 202 Å². The van der Waals surface area contributed by atoms with Crippen LogP contribution in [0.3, 0.4) is 0 Å². The van der Waals surface area contributed by atoms with Crippen LogP contribution in [-0.2, 0) is 0 Å². The van der Waals surface area contributed by atoms with Crippen molar-refractivity contribution in [1.29, 1.82) is 0 Å². The Balaban J connectivity index is 1.96. The van der Waals surface area contributed by atoms with Gasteiger partial charge in [-0.05, 0) is 43.3 Å². The summed E-state index contributed by atoms with van der Waals surface area (Å²) in [5.41, 5.74) is 3.46. The largest absolute Gasteiger partial charge is 0.421 e. The summed E-state index contributed by atoms with van der Waals surface area (Å²) in [7, 11) is 0. The molecule has 0 amide bonds. The van der Waals surface area contributed by atoms with Gasteiger partial charge in [-0.25, -0.2) is 9.18 Å². The standard InChI is InChI=1S/C21H12Cl5FN2O2/c1-10(28-29-19-15(24)7-12(23)8-16(19)25)14-6-11(22)9-17(26)20(14)31-21(30)13-4-2-3-5-18(13)27/h2-9,29H,1H3/b28-10-.